The van der Waals surface area contributed by atoms with Gasteiger partial charge < -0.3 is 5.32 Å². The zero-order valence-electron chi connectivity index (χ0n) is 9.25. The van der Waals surface area contributed by atoms with E-state index in [9.17, 15) is 4.79 Å². The van der Waals surface area contributed by atoms with E-state index >= 15 is 0 Å². The average Bonchev–Trinajstić information content (AvgIpc) is 2.61. The molecule has 1 N–H and O–H groups in total. The van der Waals surface area contributed by atoms with Crippen LogP contribution in [-0.2, 0) is 7.05 Å². The molecule has 15 heavy (non-hydrogen) atoms. The average molecular weight is 230 g/mol. The van der Waals surface area contributed by atoms with Gasteiger partial charge in [0.05, 0.1) is 0 Å². The minimum absolute atomic E-state index is 0.0875. The van der Waals surface area contributed by atoms with Crippen molar-refractivity contribution in [1.82, 2.24) is 15.1 Å². The predicted molar refractivity (Wildman–Crippen MR) is 60.0 cm³/mol. The molecule has 0 aliphatic heterocycles. The van der Waals surface area contributed by atoms with Crippen LogP contribution in [0.4, 0.5) is 0 Å². The molecule has 0 radical (unpaired) electrons. The summed E-state index contributed by atoms with van der Waals surface area (Å²) in [6.07, 6.45) is 1.60. The fraction of sp³-hybridized carbons (Fsp3) is 0.600. The van der Waals surface area contributed by atoms with Crippen LogP contribution in [0, 0.1) is 5.41 Å². The van der Waals surface area contributed by atoms with Crippen LogP contribution >= 0.6 is 11.6 Å². The Morgan fingerprint density at radius 3 is 2.80 bits per heavy atom. The molecule has 4 nitrogen and oxygen atoms in total. The lowest BCUT2D eigenvalue weighted by Crippen LogP contribution is -2.35. The Hall–Kier alpha value is -1.03. The maximum Gasteiger partial charge on any atom is 0.269 e. The highest BCUT2D eigenvalue weighted by Gasteiger charge is 2.18. The lowest BCUT2D eigenvalue weighted by molar-refractivity contribution is 0.0930. The number of alkyl halides is 1. The van der Waals surface area contributed by atoms with Gasteiger partial charge in [-0.25, -0.2) is 0 Å². The van der Waals surface area contributed by atoms with Crippen LogP contribution in [-0.4, -0.2) is 28.1 Å². The molecule has 0 fully saturated rings. The molecule has 1 aromatic rings. The van der Waals surface area contributed by atoms with Crippen molar-refractivity contribution in [3.8, 4) is 0 Å². The monoisotopic (exact) mass is 229 g/mol. The first kappa shape index (κ1) is 12.0. The van der Waals surface area contributed by atoms with Crippen LogP contribution < -0.4 is 5.32 Å². The minimum atomic E-state index is -0.117. The third-order valence-corrected chi connectivity index (χ3v) is 2.87. The van der Waals surface area contributed by atoms with Crippen molar-refractivity contribution < 1.29 is 4.79 Å². The summed E-state index contributed by atoms with van der Waals surface area (Å²) in [5, 5.41) is 6.76. The molecule has 0 aliphatic carbocycles. The largest absolute Gasteiger partial charge is 0.350 e. The van der Waals surface area contributed by atoms with Gasteiger partial charge in [-0.15, -0.1) is 11.6 Å². The fourth-order valence-electron chi connectivity index (χ4n) is 1.05. The molecular weight excluding hydrogens is 214 g/mol. The summed E-state index contributed by atoms with van der Waals surface area (Å²) in [5.74, 6) is 0.395. The number of rotatable bonds is 4. The molecule has 0 aromatic carbocycles. The van der Waals surface area contributed by atoms with Gasteiger partial charge in [0, 0.05) is 25.7 Å². The summed E-state index contributed by atoms with van der Waals surface area (Å²) in [5.41, 5.74) is 0.468. The van der Waals surface area contributed by atoms with Crippen molar-refractivity contribution in [3.05, 3.63) is 18.0 Å². The summed E-state index contributed by atoms with van der Waals surface area (Å²) in [7, 11) is 1.74. The standard InChI is InChI=1S/C10H16ClN3O/c1-10(2,6-11)7-12-9(15)8-4-5-13-14(8)3/h4-5H,6-7H2,1-3H3,(H,12,15). The SMILES string of the molecule is Cn1nccc1C(=O)NCC(C)(C)CCl. The van der Waals surface area contributed by atoms with E-state index in [1.807, 2.05) is 13.8 Å². The van der Waals surface area contributed by atoms with Crippen LogP contribution in [0.15, 0.2) is 12.3 Å². The Balaban J connectivity index is 2.55. The quantitative estimate of drug-likeness (QED) is 0.794. The predicted octanol–water partition coefficient (Wildman–Crippen LogP) is 1.41. The van der Waals surface area contributed by atoms with Gasteiger partial charge in [-0.2, -0.15) is 5.10 Å². The normalized spacial score (nSPS) is 11.5. The Labute approximate surface area is 94.6 Å². The second-order valence-corrected chi connectivity index (χ2v) is 4.59. The van der Waals surface area contributed by atoms with E-state index in [4.69, 9.17) is 11.6 Å². The van der Waals surface area contributed by atoms with E-state index in [-0.39, 0.29) is 11.3 Å². The summed E-state index contributed by atoms with van der Waals surface area (Å²) >= 11 is 5.76. The molecule has 0 saturated carbocycles. The molecular formula is C10H16ClN3O. The molecule has 1 rings (SSSR count). The van der Waals surface area contributed by atoms with Gasteiger partial charge in [0.15, 0.2) is 0 Å². The Kier molecular flexibility index (Phi) is 3.74. The highest BCUT2D eigenvalue weighted by atomic mass is 35.5. The van der Waals surface area contributed by atoms with Crippen molar-refractivity contribution in [2.45, 2.75) is 13.8 Å². The molecule has 0 unspecified atom stereocenters. The number of halogens is 1. The van der Waals surface area contributed by atoms with Crippen molar-refractivity contribution in [3.63, 3.8) is 0 Å². The smallest absolute Gasteiger partial charge is 0.269 e. The van der Waals surface area contributed by atoms with Crippen molar-refractivity contribution in [2.24, 2.45) is 12.5 Å². The van der Waals surface area contributed by atoms with Gasteiger partial charge in [0.2, 0.25) is 0 Å². The van der Waals surface area contributed by atoms with E-state index in [1.165, 1.54) is 0 Å². The first-order valence-corrected chi connectivity index (χ1v) is 5.32. The number of aromatic nitrogens is 2. The van der Waals surface area contributed by atoms with Crippen LogP contribution in [0.5, 0.6) is 0 Å². The number of nitrogens with zero attached hydrogens (tertiary/aromatic N) is 2. The molecule has 0 spiro atoms. The number of hydrogen-bond acceptors (Lipinski definition) is 2. The zero-order valence-corrected chi connectivity index (χ0v) is 10.0. The number of hydrogen-bond donors (Lipinski definition) is 1. The van der Waals surface area contributed by atoms with E-state index in [0.717, 1.165) is 0 Å². The highest BCUT2D eigenvalue weighted by Crippen LogP contribution is 2.15. The topological polar surface area (TPSA) is 46.9 Å². The third kappa shape index (κ3) is 3.23. The molecule has 84 valence electrons. The molecule has 0 aliphatic rings. The van der Waals surface area contributed by atoms with Gasteiger partial charge in [-0.3, -0.25) is 9.48 Å². The Bertz CT molecular complexity index is 346. The van der Waals surface area contributed by atoms with Crippen LogP contribution in [0.3, 0.4) is 0 Å². The molecule has 0 atom stereocenters. The number of carbonyl (C=O) groups excluding carboxylic acids is 1. The van der Waals surface area contributed by atoms with E-state index in [2.05, 4.69) is 10.4 Å². The molecule has 0 saturated heterocycles. The second kappa shape index (κ2) is 4.66. The summed E-state index contributed by atoms with van der Waals surface area (Å²) in [6.45, 7) is 4.56. The molecule has 1 heterocycles. The van der Waals surface area contributed by atoms with E-state index in [0.29, 0.717) is 18.1 Å². The summed E-state index contributed by atoms with van der Waals surface area (Å²) < 4.78 is 1.54. The van der Waals surface area contributed by atoms with Gasteiger partial charge in [0.1, 0.15) is 5.69 Å². The van der Waals surface area contributed by atoms with Crippen molar-refractivity contribution >= 4 is 17.5 Å². The maximum atomic E-state index is 11.7. The summed E-state index contributed by atoms with van der Waals surface area (Å²) in [6, 6.07) is 1.68. The van der Waals surface area contributed by atoms with Crippen molar-refractivity contribution in [1.29, 1.82) is 0 Å². The first-order valence-electron chi connectivity index (χ1n) is 4.78. The lowest BCUT2D eigenvalue weighted by Gasteiger charge is -2.21. The second-order valence-electron chi connectivity index (χ2n) is 4.32. The zero-order chi connectivity index (χ0) is 11.5. The Morgan fingerprint density at radius 1 is 1.67 bits per heavy atom. The number of aryl methyl sites for hydroxylation is 1. The van der Waals surface area contributed by atoms with E-state index in [1.54, 1.807) is 24.0 Å². The van der Waals surface area contributed by atoms with Gasteiger partial charge in [-0.05, 0) is 11.5 Å². The number of amides is 1. The van der Waals surface area contributed by atoms with Crippen LogP contribution in [0.1, 0.15) is 24.3 Å². The number of nitrogens with one attached hydrogen (secondary N) is 1. The Morgan fingerprint density at radius 2 is 2.33 bits per heavy atom. The molecule has 1 amide bonds. The van der Waals surface area contributed by atoms with Crippen LogP contribution in [0.2, 0.25) is 0 Å². The first-order chi connectivity index (χ1) is 6.96. The number of carbonyl (C=O) groups is 1. The van der Waals surface area contributed by atoms with E-state index < -0.39 is 0 Å². The van der Waals surface area contributed by atoms with Gasteiger partial charge >= 0.3 is 0 Å². The van der Waals surface area contributed by atoms with Crippen LogP contribution in [0.25, 0.3) is 0 Å². The van der Waals surface area contributed by atoms with Crippen molar-refractivity contribution in [2.75, 3.05) is 12.4 Å². The highest BCUT2D eigenvalue weighted by molar-refractivity contribution is 6.18. The fourth-order valence-corrected chi connectivity index (χ4v) is 1.15. The van der Waals surface area contributed by atoms with Gasteiger partial charge in [0.25, 0.3) is 5.91 Å². The molecule has 0 bridgehead atoms. The summed E-state index contributed by atoms with van der Waals surface area (Å²) in [4.78, 5) is 11.7. The minimum Gasteiger partial charge on any atom is -0.350 e. The van der Waals surface area contributed by atoms with Gasteiger partial charge in [-0.1, -0.05) is 13.8 Å². The third-order valence-electron chi connectivity index (χ3n) is 2.14. The lowest BCUT2D eigenvalue weighted by atomic mass is 9.96. The molecule has 5 heteroatoms. The maximum absolute atomic E-state index is 11.7. The molecule has 1 aromatic heterocycles.